The normalized spacial score (nSPS) is 10.4. The van der Waals surface area contributed by atoms with Crippen LogP contribution < -0.4 is 14.8 Å². The van der Waals surface area contributed by atoms with Gasteiger partial charge in [0.15, 0.2) is 11.5 Å². The summed E-state index contributed by atoms with van der Waals surface area (Å²) in [5.74, 6) is 0.288. The molecule has 2 aromatic carbocycles. The minimum Gasteiger partial charge on any atom is -0.493 e. The number of benzene rings is 2. The number of nitrogens with one attached hydrogen (secondary N) is 1. The Balaban J connectivity index is 2.08. The molecule has 0 radical (unpaired) electrons. The molecule has 0 atom stereocenters. The van der Waals surface area contributed by atoms with Crippen molar-refractivity contribution in [1.29, 1.82) is 0 Å². The molecule has 0 spiro atoms. The molecule has 2 aromatic rings. The first kappa shape index (κ1) is 14.1. The van der Waals surface area contributed by atoms with Crippen molar-refractivity contribution in [3.05, 3.63) is 54.1 Å². The van der Waals surface area contributed by atoms with Crippen LogP contribution in [0.15, 0.2) is 48.5 Å². The van der Waals surface area contributed by atoms with Crippen molar-refractivity contribution in [2.45, 2.75) is 13.2 Å². The van der Waals surface area contributed by atoms with Gasteiger partial charge in [-0.1, -0.05) is 30.3 Å². The monoisotopic (exact) mass is 279 g/mol. The number of alkyl halides is 2. The number of methoxy groups -OCH3 is 1. The number of ether oxygens (including phenoxy) is 2. The Morgan fingerprint density at radius 1 is 1.05 bits per heavy atom. The highest BCUT2D eigenvalue weighted by molar-refractivity contribution is 5.55. The molecule has 0 amide bonds. The Morgan fingerprint density at radius 2 is 1.80 bits per heavy atom. The quantitative estimate of drug-likeness (QED) is 0.869. The van der Waals surface area contributed by atoms with Crippen LogP contribution in [0.3, 0.4) is 0 Å². The fourth-order valence-corrected chi connectivity index (χ4v) is 1.77. The van der Waals surface area contributed by atoms with Crippen molar-refractivity contribution < 1.29 is 18.3 Å². The van der Waals surface area contributed by atoms with Crippen molar-refractivity contribution in [3.8, 4) is 11.5 Å². The van der Waals surface area contributed by atoms with Crippen LogP contribution in [-0.2, 0) is 6.54 Å². The average molecular weight is 279 g/mol. The Bertz CT molecular complexity index is 547. The van der Waals surface area contributed by atoms with E-state index in [0.717, 1.165) is 5.56 Å². The van der Waals surface area contributed by atoms with Crippen molar-refractivity contribution in [2.24, 2.45) is 0 Å². The topological polar surface area (TPSA) is 30.5 Å². The predicted molar refractivity (Wildman–Crippen MR) is 73.4 cm³/mol. The standard InChI is InChI=1S/C15H15F2NO2/c1-19-13-8-7-12(9-14(13)20-15(16)17)18-10-11-5-3-2-4-6-11/h2-9,15,18H,10H2,1H3. The van der Waals surface area contributed by atoms with Gasteiger partial charge in [-0.25, -0.2) is 0 Å². The Hall–Kier alpha value is -2.30. The molecule has 0 saturated heterocycles. The van der Waals surface area contributed by atoms with Gasteiger partial charge < -0.3 is 14.8 Å². The second-order valence-corrected chi connectivity index (χ2v) is 4.08. The Labute approximate surface area is 116 Å². The van der Waals surface area contributed by atoms with Gasteiger partial charge in [-0.15, -0.1) is 0 Å². The van der Waals surface area contributed by atoms with E-state index in [1.807, 2.05) is 30.3 Å². The molecule has 0 aliphatic rings. The summed E-state index contributed by atoms with van der Waals surface area (Å²) < 4.78 is 34.1. The molecule has 2 rings (SSSR count). The number of hydrogen-bond acceptors (Lipinski definition) is 3. The smallest absolute Gasteiger partial charge is 0.387 e. The van der Waals surface area contributed by atoms with E-state index in [4.69, 9.17) is 4.74 Å². The molecule has 20 heavy (non-hydrogen) atoms. The molecule has 0 heterocycles. The summed E-state index contributed by atoms with van der Waals surface area (Å²) in [6.07, 6.45) is 0. The van der Waals surface area contributed by atoms with Gasteiger partial charge in [0, 0.05) is 18.3 Å². The second-order valence-electron chi connectivity index (χ2n) is 4.08. The van der Waals surface area contributed by atoms with Gasteiger partial charge in [0.1, 0.15) is 0 Å². The number of anilines is 1. The Kier molecular flexibility index (Phi) is 4.76. The molecular formula is C15H15F2NO2. The third kappa shape index (κ3) is 3.85. The molecule has 5 heteroatoms. The zero-order valence-electron chi connectivity index (χ0n) is 11.0. The van der Waals surface area contributed by atoms with Crippen LogP contribution in [0.5, 0.6) is 11.5 Å². The number of hydrogen-bond donors (Lipinski definition) is 1. The zero-order chi connectivity index (χ0) is 14.4. The van der Waals surface area contributed by atoms with E-state index in [9.17, 15) is 8.78 Å². The van der Waals surface area contributed by atoms with Gasteiger partial charge in [-0.2, -0.15) is 8.78 Å². The van der Waals surface area contributed by atoms with Gasteiger partial charge in [0.25, 0.3) is 0 Å². The lowest BCUT2D eigenvalue weighted by Gasteiger charge is -2.12. The van der Waals surface area contributed by atoms with Crippen LogP contribution in [0.25, 0.3) is 0 Å². The summed E-state index contributed by atoms with van der Waals surface area (Å²) in [6, 6.07) is 14.6. The van der Waals surface area contributed by atoms with Crippen molar-refractivity contribution in [3.63, 3.8) is 0 Å². The van der Waals surface area contributed by atoms with E-state index >= 15 is 0 Å². The lowest BCUT2D eigenvalue weighted by atomic mass is 10.2. The maximum atomic E-state index is 12.3. The van der Waals surface area contributed by atoms with Crippen molar-refractivity contribution in [1.82, 2.24) is 0 Å². The SMILES string of the molecule is COc1ccc(NCc2ccccc2)cc1OC(F)F. The van der Waals surface area contributed by atoms with Crippen LogP contribution in [0.1, 0.15) is 5.56 Å². The third-order valence-corrected chi connectivity index (χ3v) is 2.72. The van der Waals surface area contributed by atoms with E-state index in [0.29, 0.717) is 12.2 Å². The lowest BCUT2D eigenvalue weighted by Crippen LogP contribution is -2.05. The largest absolute Gasteiger partial charge is 0.493 e. The minimum absolute atomic E-state index is 0.0144. The average Bonchev–Trinajstić information content (AvgIpc) is 2.46. The van der Waals surface area contributed by atoms with Gasteiger partial charge in [-0.05, 0) is 17.7 Å². The molecule has 3 nitrogen and oxygen atoms in total. The van der Waals surface area contributed by atoms with Crippen LogP contribution in [0.4, 0.5) is 14.5 Å². The van der Waals surface area contributed by atoms with E-state index in [1.165, 1.54) is 13.2 Å². The molecule has 1 N–H and O–H groups in total. The van der Waals surface area contributed by atoms with Crippen LogP contribution in [-0.4, -0.2) is 13.7 Å². The first-order valence-corrected chi connectivity index (χ1v) is 6.09. The van der Waals surface area contributed by atoms with E-state index in [1.54, 1.807) is 12.1 Å². The Morgan fingerprint density at radius 3 is 2.45 bits per heavy atom. The zero-order valence-corrected chi connectivity index (χ0v) is 11.0. The fourth-order valence-electron chi connectivity index (χ4n) is 1.77. The second kappa shape index (κ2) is 6.75. The summed E-state index contributed by atoms with van der Waals surface area (Å²) in [5.41, 5.74) is 1.78. The molecular weight excluding hydrogens is 264 g/mol. The lowest BCUT2D eigenvalue weighted by molar-refractivity contribution is -0.0511. The van der Waals surface area contributed by atoms with E-state index in [-0.39, 0.29) is 11.5 Å². The van der Waals surface area contributed by atoms with E-state index in [2.05, 4.69) is 10.1 Å². The maximum Gasteiger partial charge on any atom is 0.387 e. The van der Waals surface area contributed by atoms with Crippen molar-refractivity contribution >= 4 is 5.69 Å². The van der Waals surface area contributed by atoms with Gasteiger partial charge in [0.2, 0.25) is 0 Å². The van der Waals surface area contributed by atoms with Gasteiger partial charge >= 0.3 is 6.61 Å². The molecule has 0 unspecified atom stereocenters. The first-order valence-electron chi connectivity index (χ1n) is 6.09. The summed E-state index contributed by atoms with van der Waals surface area (Å²) in [5, 5.41) is 3.15. The highest BCUT2D eigenvalue weighted by atomic mass is 19.3. The fraction of sp³-hybridized carbons (Fsp3) is 0.200. The summed E-state index contributed by atoms with van der Waals surface area (Å²) >= 11 is 0. The van der Waals surface area contributed by atoms with Gasteiger partial charge in [-0.3, -0.25) is 0 Å². The van der Waals surface area contributed by atoms with Crippen LogP contribution in [0, 0.1) is 0 Å². The third-order valence-electron chi connectivity index (χ3n) is 2.72. The van der Waals surface area contributed by atoms with Crippen molar-refractivity contribution in [2.75, 3.05) is 12.4 Å². The van der Waals surface area contributed by atoms with Gasteiger partial charge in [0.05, 0.1) is 7.11 Å². The number of rotatable bonds is 6. The molecule has 0 aliphatic heterocycles. The van der Waals surface area contributed by atoms with Crippen LogP contribution in [0.2, 0.25) is 0 Å². The molecule has 106 valence electrons. The maximum absolute atomic E-state index is 12.3. The summed E-state index contributed by atoms with van der Waals surface area (Å²) in [4.78, 5) is 0. The summed E-state index contributed by atoms with van der Waals surface area (Å²) in [7, 11) is 1.41. The molecule has 0 saturated carbocycles. The first-order chi connectivity index (χ1) is 9.69. The van der Waals surface area contributed by atoms with E-state index < -0.39 is 6.61 Å². The molecule has 0 aromatic heterocycles. The molecule has 0 bridgehead atoms. The molecule has 0 aliphatic carbocycles. The summed E-state index contributed by atoms with van der Waals surface area (Å²) in [6.45, 7) is -2.28. The minimum atomic E-state index is -2.88. The highest BCUT2D eigenvalue weighted by Crippen LogP contribution is 2.31. The molecule has 0 fully saturated rings. The number of halogens is 2. The highest BCUT2D eigenvalue weighted by Gasteiger charge is 2.11. The predicted octanol–water partition coefficient (Wildman–Crippen LogP) is 3.91. The van der Waals surface area contributed by atoms with Crippen LogP contribution >= 0.6 is 0 Å².